The molecule has 4 aromatic rings. The standard InChI is InChI=1S/C14H15N3O4.C11H9FN2O3/c1-8(18)7-15-12-5-4-11(6-13(12)17(19)20)14-9(2)16-21-10(14)3;1-6-11(7(2)17-13-6)8-3-4-9(12)10(5-8)14(15)16/h4-6,15H,7H2,1-3H3;3-5H,1-2H3. The van der Waals surface area contributed by atoms with E-state index in [0.717, 1.165) is 11.6 Å². The summed E-state index contributed by atoms with van der Waals surface area (Å²) in [6, 6.07) is 8.50. The van der Waals surface area contributed by atoms with Gasteiger partial charge in [-0.1, -0.05) is 22.4 Å². The molecule has 0 spiro atoms. The van der Waals surface area contributed by atoms with E-state index in [2.05, 4.69) is 15.6 Å². The number of carbonyl (C=O) groups excluding carboxylic acids is 1. The van der Waals surface area contributed by atoms with Crippen LogP contribution in [-0.2, 0) is 4.79 Å². The average Bonchev–Trinajstić information content (AvgIpc) is 3.37. The van der Waals surface area contributed by atoms with Gasteiger partial charge in [0.1, 0.15) is 23.0 Å². The summed E-state index contributed by atoms with van der Waals surface area (Å²) in [4.78, 5) is 31.6. The second-order valence-electron chi connectivity index (χ2n) is 8.37. The predicted molar refractivity (Wildman–Crippen MR) is 135 cm³/mol. The maximum Gasteiger partial charge on any atom is 0.305 e. The first-order chi connectivity index (χ1) is 17.9. The number of nitro benzene ring substituents is 2. The zero-order chi connectivity index (χ0) is 28.1. The van der Waals surface area contributed by atoms with Gasteiger partial charge in [0.25, 0.3) is 5.69 Å². The van der Waals surface area contributed by atoms with Crippen LogP contribution in [0.4, 0.5) is 21.5 Å². The van der Waals surface area contributed by atoms with Gasteiger partial charge in [0.05, 0.1) is 27.8 Å². The lowest BCUT2D eigenvalue weighted by molar-refractivity contribution is -0.387. The van der Waals surface area contributed by atoms with Gasteiger partial charge in [0.2, 0.25) is 5.82 Å². The molecule has 0 aliphatic carbocycles. The molecule has 4 rings (SSSR count). The fourth-order valence-corrected chi connectivity index (χ4v) is 3.81. The molecule has 0 amide bonds. The van der Waals surface area contributed by atoms with Crippen LogP contribution in [0, 0.1) is 53.7 Å². The summed E-state index contributed by atoms with van der Waals surface area (Å²) in [5, 5.41) is 32.2. The molecule has 2 aromatic carbocycles. The van der Waals surface area contributed by atoms with Crippen molar-refractivity contribution < 1.29 is 28.1 Å². The number of aryl methyl sites for hydroxylation is 4. The Morgan fingerprint density at radius 3 is 1.76 bits per heavy atom. The predicted octanol–water partition coefficient (Wildman–Crippen LogP) is 5.87. The molecule has 0 aliphatic heterocycles. The molecular weight excluding hydrogens is 501 g/mol. The van der Waals surface area contributed by atoms with Crippen LogP contribution in [0.2, 0.25) is 0 Å². The molecule has 13 heteroatoms. The Morgan fingerprint density at radius 2 is 1.34 bits per heavy atom. The summed E-state index contributed by atoms with van der Waals surface area (Å²) < 4.78 is 23.2. The number of halogens is 1. The van der Waals surface area contributed by atoms with Crippen LogP contribution in [0.25, 0.3) is 22.3 Å². The quantitative estimate of drug-likeness (QED) is 0.227. The smallest absolute Gasteiger partial charge is 0.305 e. The number of Topliss-reactive ketones (excluding diaryl/α,β-unsaturated/α-hetero) is 1. The third-order valence-corrected chi connectivity index (χ3v) is 5.51. The minimum Gasteiger partial charge on any atom is -0.372 e. The van der Waals surface area contributed by atoms with Crippen molar-refractivity contribution in [3.8, 4) is 22.3 Å². The first-order valence-corrected chi connectivity index (χ1v) is 11.2. The van der Waals surface area contributed by atoms with Crippen LogP contribution < -0.4 is 5.32 Å². The van der Waals surface area contributed by atoms with Crippen LogP contribution in [0.3, 0.4) is 0 Å². The van der Waals surface area contributed by atoms with Crippen molar-refractivity contribution in [2.45, 2.75) is 34.6 Å². The average molecular weight is 525 g/mol. The summed E-state index contributed by atoms with van der Waals surface area (Å²) in [5.41, 5.74) is 3.54. The topological polar surface area (TPSA) is 167 Å². The number of aromatic nitrogens is 2. The van der Waals surface area contributed by atoms with Gasteiger partial charge in [-0.2, -0.15) is 4.39 Å². The number of nitrogens with zero attached hydrogens (tertiary/aromatic N) is 4. The number of nitro groups is 2. The molecule has 12 nitrogen and oxygen atoms in total. The van der Waals surface area contributed by atoms with Gasteiger partial charge in [0.15, 0.2) is 0 Å². The van der Waals surface area contributed by atoms with Crippen molar-refractivity contribution in [2.75, 3.05) is 11.9 Å². The molecule has 38 heavy (non-hydrogen) atoms. The molecular formula is C25H24FN5O7. The zero-order valence-electron chi connectivity index (χ0n) is 21.2. The lowest BCUT2D eigenvalue weighted by Crippen LogP contribution is -2.11. The SMILES string of the molecule is CC(=O)CNc1ccc(-c2c(C)noc2C)cc1[N+](=O)[O-].Cc1noc(C)c1-c1ccc(F)c([N+](=O)[O-])c1. The number of ketones is 1. The molecule has 0 aliphatic rings. The monoisotopic (exact) mass is 525 g/mol. The van der Waals surface area contributed by atoms with E-state index in [9.17, 15) is 29.4 Å². The first-order valence-electron chi connectivity index (χ1n) is 11.2. The number of hydrogen-bond donors (Lipinski definition) is 1. The number of carbonyl (C=O) groups is 1. The third-order valence-electron chi connectivity index (χ3n) is 5.51. The number of hydrogen-bond acceptors (Lipinski definition) is 10. The second kappa shape index (κ2) is 11.4. The van der Waals surface area contributed by atoms with E-state index >= 15 is 0 Å². The van der Waals surface area contributed by atoms with Gasteiger partial charge in [-0.05, 0) is 57.9 Å². The summed E-state index contributed by atoms with van der Waals surface area (Å²) in [5.74, 6) is 0.194. The molecule has 2 aromatic heterocycles. The maximum absolute atomic E-state index is 13.2. The van der Waals surface area contributed by atoms with Gasteiger partial charge in [-0.3, -0.25) is 25.0 Å². The van der Waals surface area contributed by atoms with E-state index in [1.807, 2.05) is 0 Å². The van der Waals surface area contributed by atoms with Crippen molar-refractivity contribution in [3.05, 3.63) is 85.4 Å². The molecule has 0 saturated carbocycles. The Bertz CT molecular complexity index is 1490. The minimum absolute atomic E-state index is 0.0471. The van der Waals surface area contributed by atoms with Crippen LogP contribution in [0.1, 0.15) is 29.8 Å². The van der Waals surface area contributed by atoms with Crippen LogP contribution in [0.15, 0.2) is 45.4 Å². The first kappa shape index (κ1) is 27.6. The van der Waals surface area contributed by atoms with Gasteiger partial charge >= 0.3 is 5.69 Å². The molecule has 198 valence electrons. The number of anilines is 1. The lowest BCUT2D eigenvalue weighted by Gasteiger charge is -2.07. The highest BCUT2D eigenvalue weighted by Gasteiger charge is 2.20. The van der Waals surface area contributed by atoms with Crippen molar-refractivity contribution in [1.29, 1.82) is 0 Å². The van der Waals surface area contributed by atoms with Gasteiger partial charge < -0.3 is 14.4 Å². The summed E-state index contributed by atoms with van der Waals surface area (Å²) in [6.45, 7) is 8.41. The highest BCUT2D eigenvalue weighted by molar-refractivity contribution is 5.82. The van der Waals surface area contributed by atoms with E-state index in [-0.39, 0.29) is 18.0 Å². The molecule has 0 radical (unpaired) electrons. The molecule has 1 N–H and O–H groups in total. The van der Waals surface area contributed by atoms with Gasteiger partial charge in [-0.15, -0.1) is 0 Å². The minimum atomic E-state index is -0.856. The molecule has 0 saturated heterocycles. The fourth-order valence-electron chi connectivity index (χ4n) is 3.81. The highest BCUT2D eigenvalue weighted by atomic mass is 19.1. The Hall–Kier alpha value is -4.94. The Morgan fingerprint density at radius 1 is 0.868 bits per heavy atom. The maximum atomic E-state index is 13.2. The molecule has 0 atom stereocenters. The normalized spacial score (nSPS) is 10.5. The molecule has 0 unspecified atom stereocenters. The van der Waals surface area contributed by atoms with E-state index in [4.69, 9.17) is 9.05 Å². The zero-order valence-corrected chi connectivity index (χ0v) is 21.2. The Kier molecular flexibility index (Phi) is 8.30. The van der Waals surface area contributed by atoms with Crippen LogP contribution in [-0.4, -0.2) is 32.5 Å². The van der Waals surface area contributed by atoms with Crippen molar-refractivity contribution >= 4 is 22.8 Å². The largest absolute Gasteiger partial charge is 0.372 e. The summed E-state index contributed by atoms with van der Waals surface area (Å²) >= 11 is 0. The van der Waals surface area contributed by atoms with Gasteiger partial charge in [-0.25, -0.2) is 0 Å². The van der Waals surface area contributed by atoms with Gasteiger partial charge in [0, 0.05) is 23.3 Å². The summed E-state index contributed by atoms with van der Waals surface area (Å²) in [7, 11) is 0. The van der Waals surface area contributed by atoms with Crippen molar-refractivity contribution in [1.82, 2.24) is 10.3 Å². The highest BCUT2D eigenvalue weighted by Crippen LogP contribution is 2.34. The third kappa shape index (κ3) is 6.06. The van der Waals surface area contributed by atoms with E-state index in [1.54, 1.807) is 39.8 Å². The van der Waals surface area contributed by atoms with Crippen molar-refractivity contribution in [2.24, 2.45) is 0 Å². The Labute approximate surface area is 215 Å². The van der Waals surface area contributed by atoms with E-state index < -0.39 is 21.4 Å². The van der Waals surface area contributed by atoms with Crippen LogP contribution >= 0.6 is 0 Å². The Balaban J connectivity index is 0.000000215. The molecule has 2 heterocycles. The fraction of sp³-hybridized carbons (Fsp3) is 0.240. The number of nitrogens with one attached hydrogen (secondary N) is 1. The summed E-state index contributed by atoms with van der Waals surface area (Å²) in [6.07, 6.45) is 0. The second-order valence-corrected chi connectivity index (χ2v) is 8.37. The van der Waals surface area contributed by atoms with Crippen molar-refractivity contribution in [3.63, 3.8) is 0 Å². The molecule has 0 bridgehead atoms. The van der Waals surface area contributed by atoms with E-state index in [0.29, 0.717) is 45.3 Å². The lowest BCUT2D eigenvalue weighted by atomic mass is 10.0. The molecule has 0 fully saturated rings. The number of benzene rings is 2. The number of rotatable bonds is 7. The van der Waals surface area contributed by atoms with E-state index in [1.165, 1.54) is 25.1 Å². The van der Waals surface area contributed by atoms with Crippen LogP contribution in [0.5, 0.6) is 0 Å².